The van der Waals surface area contributed by atoms with Crippen LogP contribution in [0.15, 0.2) is 36.5 Å². The molecule has 2 rings (SSSR count). The fourth-order valence-corrected chi connectivity index (χ4v) is 1.95. The number of hydrogen-bond donors (Lipinski definition) is 1. The molecule has 6 heteroatoms. The number of nitrogens with zero attached hydrogens (tertiary/aromatic N) is 1. The van der Waals surface area contributed by atoms with Crippen LogP contribution in [0.25, 0.3) is 6.08 Å². The summed E-state index contributed by atoms with van der Waals surface area (Å²) >= 11 is 0. The van der Waals surface area contributed by atoms with Crippen LogP contribution in [0.5, 0.6) is 23.0 Å². The lowest BCUT2D eigenvalue weighted by Gasteiger charge is -2.08. The third-order valence-corrected chi connectivity index (χ3v) is 3.17. The average Bonchev–Trinajstić information content (AvgIpc) is 2.59. The summed E-state index contributed by atoms with van der Waals surface area (Å²) in [6, 6.07) is 6.36. The Hall–Kier alpha value is -3.02. The van der Waals surface area contributed by atoms with Crippen molar-refractivity contribution in [2.75, 3.05) is 21.3 Å². The zero-order valence-electron chi connectivity index (χ0n) is 13.1. The van der Waals surface area contributed by atoms with Crippen molar-refractivity contribution in [1.82, 2.24) is 4.98 Å². The fourth-order valence-electron chi connectivity index (χ4n) is 1.95. The Morgan fingerprint density at radius 1 is 1.09 bits per heavy atom. The van der Waals surface area contributed by atoms with Crippen molar-refractivity contribution in [1.29, 1.82) is 0 Å². The fraction of sp³-hybridized carbons (Fsp3) is 0.176. The van der Waals surface area contributed by atoms with Crippen LogP contribution in [-0.2, 0) is 0 Å². The van der Waals surface area contributed by atoms with Gasteiger partial charge in [-0.25, -0.2) is 0 Å². The van der Waals surface area contributed by atoms with E-state index < -0.39 is 0 Å². The highest BCUT2D eigenvalue weighted by molar-refractivity contribution is 6.08. The van der Waals surface area contributed by atoms with E-state index in [4.69, 9.17) is 14.2 Å². The lowest BCUT2D eigenvalue weighted by Crippen LogP contribution is -1.99. The van der Waals surface area contributed by atoms with Gasteiger partial charge in [-0.15, -0.1) is 0 Å². The molecular formula is C17H17NO5. The van der Waals surface area contributed by atoms with Crippen molar-refractivity contribution < 1.29 is 24.1 Å². The number of allylic oxidation sites excluding steroid dienone is 1. The van der Waals surface area contributed by atoms with E-state index >= 15 is 0 Å². The molecule has 1 heterocycles. The van der Waals surface area contributed by atoms with Gasteiger partial charge in [0.2, 0.25) is 0 Å². The highest BCUT2D eigenvalue weighted by atomic mass is 16.5. The standard InChI is InChI=1S/C17H17NO5/c1-21-12-5-6-13(16(9-12)22-2)14(19)7-4-11-8-15(20)17(23-3)10-18-11/h4-10H,1-3H3,(H,18,20). The second kappa shape index (κ2) is 7.31. The highest BCUT2D eigenvalue weighted by Crippen LogP contribution is 2.26. The van der Waals surface area contributed by atoms with E-state index in [1.807, 2.05) is 0 Å². The number of aromatic nitrogens is 1. The molecular weight excluding hydrogens is 298 g/mol. The van der Waals surface area contributed by atoms with Crippen LogP contribution in [-0.4, -0.2) is 37.2 Å². The number of carbonyl (C=O) groups is 1. The second-order valence-electron chi connectivity index (χ2n) is 4.54. The van der Waals surface area contributed by atoms with Crippen molar-refractivity contribution in [3.05, 3.63) is 47.8 Å². The molecule has 0 atom stereocenters. The van der Waals surface area contributed by atoms with Crippen molar-refractivity contribution in [3.8, 4) is 23.0 Å². The molecule has 0 fully saturated rings. The third-order valence-electron chi connectivity index (χ3n) is 3.17. The molecule has 120 valence electrons. The average molecular weight is 315 g/mol. The van der Waals surface area contributed by atoms with Gasteiger partial charge in [0.1, 0.15) is 11.5 Å². The lowest BCUT2D eigenvalue weighted by atomic mass is 10.1. The first-order valence-corrected chi connectivity index (χ1v) is 6.76. The number of aromatic hydroxyl groups is 1. The minimum absolute atomic E-state index is 0.0448. The van der Waals surface area contributed by atoms with Gasteiger partial charge in [-0.2, -0.15) is 0 Å². The Balaban J connectivity index is 2.23. The van der Waals surface area contributed by atoms with Crippen LogP contribution in [0.3, 0.4) is 0 Å². The number of ether oxygens (including phenoxy) is 3. The SMILES string of the molecule is COc1ccc(C(=O)C=Cc2cc(O)c(OC)cn2)c(OC)c1. The van der Waals surface area contributed by atoms with E-state index in [1.54, 1.807) is 18.2 Å². The van der Waals surface area contributed by atoms with E-state index in [1.165, 1.54) is 45.7 Å². The Labute approximate surface area is 134 Å². The van der Waals surface area contributed by atoms with E-state index in [9.17, 15) is 9.90 Å². The summed E-state index contributed by atoms with van der Waals surface area (Å²) in [6.07, 6.45) is 4.25. The Morgan fingerprint density at radius 3 is 2.43 bits per heavy atom. The van der Waals surface area contributed by atoms with Gasteiger partial charge in [-0.05, 0) is 24.3 Å². The molecule has 1 aromatic heterocycles. The molecule has 0 aliphatic carbocycles. The molecule has 6 nitrogen and oxygen atoms in total. The van der Waals surface area contributed by atoms with Crippen LogP contribution in [0.2, 0.25) is 0 Å². The normalized spacial score (nSPS) is 10.6. The number of benzene rings is 1. The van der Waals surface area contributed by atoms with E-state index in [2.05, 4.69) is 4.98 Å². The van der Waals surface area contributed by atoms with E-state index in [-0.39, 0.29) is 17.3 Å². The van der Waals surface area contributed by atoms with Crippen LogP contribution >= 0.6 is 0 Å². The zero-order valence-corrected chi connectivity index (χ0v) is 13.1. The molecule has 0 saturated heterocycles. The summed E-state index contributed by atoms with van der Waals surface area (Å²) < 4.78 is 15.2. The van der Waals surface area contributed by atoms with Gasteiger partial charge in [0.15, 0.2) is 17.3 Å². The van der Waals surface area contributed by atoms with Gasteiger partial charge < -0.3 is 19.3 Å². The predicted octanol–water partition coefficient (Wildman–Crippen LogP) is 2.71. The van der Waals surface area contributed by atoms with E-state index in [0.717, 1.165) is 0 Å². The van der Waals surface area contributed by atoms with Crippen LogP contribution < -0.4 is 14.2 Å². The molecule has 1 N–H and O–H groups in total. The molecule has 2 aromatic rings. The molecule has 0 aliphatic heterocycles. The van der Waals surface area contributed by atoms with E-state index in [0.29, 0.717) is 22.8 Å². The number of carbonyl (C=O) groups excluding carboxylic acids is 1. The molecule has 0 bridgehead atoms. The molecule has 0 spiro atoms. The first kappa shape index (κ1) is 16.4. The summed E-state index contributed by atoms with van der Waals surface area (Å²) in [5.41, 5.74) is 0.839. The maximum absolute atomic E-state index is 12.3. The van der Waals surface area contributed by atoms with Crippen molar-refractivity contribution in [3.63, 3.8) is 0 Å². The van der Waals surface area contributed by atoms with Crippen molar-refractivity contribution >= 4 is 11.9 Å². The number of rotatable bonds is 6. The van der Waals surface area contributed by atoms with Gasteiger partial charge in [0.25, 0.3) is 0 Å². The third kappa shape index (κ3) is 3.79. The topological polar surface area (TPSA) is 77.9 Å². The smallest absolute Gasteiger partial charge is 0.189 e. The number of pyridine rings is 1. The monoisotopic (exact) mass is 315 g/mol. The van der Waals surface area contributed by atoms with Gasteiger partial charge in [0, 0.05) is 12.1 Å². The van der Waals surface area contributed by atoms with Crippen molar-refractivity contribution in [2.45, 2.75) is 0 Å². The number of ketones is 1. The lowest BCUT2D eigenvalue weighted by molar-refractivity contribution is 0.104. The molecule has 1 aromatic carbocycles. The maximum Gasteiger partial charge on any atom is 0.189 e. The minimum Gasteiger partial charge on any atom is -0.504 e. The van der Waals surface area contributed by atoms with Crippen LogP contribution in [0, 0.1) is 0 Å². The van der Waals surface area contributed by atoms with Crippen molar-refractivity contribution in [2.24, 2.45) is 0 Å². The van der Waals surface area contributed by atoms with Crippen LogP contribution in [0.4, 0.5) is 0 Å². The number of methoxy groups -OCH3 is 3. The van der Waals surface area contributed by atoms with Gasteiger partial charge in [0.05, 0.1) is 38.8 Å². The molecule has 0 unspecified atom stereocenters. The van der Waals surface area contributed by atoms with Crippen LogP contribution in [0.1, 0.15) is 16.1 Å². The number of hydrogen-bond acceptors (Lipinski definition) is 6. The predicted molar refractivity (Wildman–Crippen MR) is 85.4 cm³/mol. The summed E-state index contributed by atoms with van der Waals surface area (Å²) in [4.78, 5) is 16.4. The van der Waals surface area contributed by atoms with Gasteiger partial charge >= 0.3 is 0 Å². The molecule has 0 aliphatic rings. The molecule has 23 heavy (non-hydrogen) atoms. The quantitative estimate of drug-likeness (QED) is 0.652. The maximum atomic E-state index is 12.3. The Kier molecular flexibility index (Phi) is 5.19. The Morgan fingerprint density at radius 2 is 1.83 bits per heavy atom. The van der Waals surface area contributed by atoms with Gasteiger partial charge in [-0.1, -0.05) is 0 Å². The van der Waals surface area contributed by atoms with Gasteiger partial charge in [-0.3, -0.25) is 9.78 Å². The first-order chi connectivity index (χ1) is 11.1. The summed E-state index contributed by atoms with van der Waals surface area (Å²) in [5.74, 6) is 0.997. The molecule has 0 saturated carbocycles. The minimum atomic E-state index is -0.249. The molecule has 0 amide bonds. The second-order valence-corrected chi connectivity index (χ2v) is 4.54. The highest BCUT2D eigenvalue weighted by Gasteiger charge is 2.11. The summed E-state index contributed by atoms with van der Waals surface area (Å²) in [6.45, 7) is 0. The largest absolute Gasteiger partial charge is 0.504 e. The molecule has 0 radical (unpaired) electrons. The Bertz CT molecular complexity index is 740. The zero-order chi connectivity index (χ0) is 16.8. The summed E-state index contributed by atoms with van der Waals surface area (Å²) in [5, 5.41) is 9.70. The first-order valence-electron chi connectivity index (χ1n) is 6.76. The summed E-state index contributed by atoms with van der Waals surface area (Å²) in [7, 11) is 4.46.